The Morgan fingerprint density at radius 3 is 3.05 bits per heavy atom. The minimum Gasteiger partial charge on any atom is -0.486 e. The van der Waals surface area contributed by atoms with Crippen LogP contribution in [0.25, 0.3) is 0 Å². The Kier molecular flexibility index (Phi) is 4.48. The van der Waals surface area contributed by atoms with Gasteiger partial charge in [0.05, 0.1) is 4.47 Å². The topological polar surface area (TPSA) is 33.7 Å². The van der Waals surface area contributed by atoms with Crippen LogP contribution in [0.15, 0.2) is 16.6 Å². The summed E-state index contributed by atoms with van der Waals surface area (Å²) >= 11 is 3.59. The second kappa shape index (κ2) is 6.33. The molecular formula is C15H21BrN2O2. The fraction of sp³-hybridized carbons (Fsp3) is 0.600. The molecule has 1 unspecified atom stereocenters. The highest BCUT2D eigenvalue weighted by atomic mass is 79.9. The summed E-state index contributed by atoms with van der Waals surface area (Å²) in [7, 11) is 2.05. The van der Waals surface area contributed by atoms with Crippen molar-refractivity contribution < 1.29 is 9.47 Å². The van der Waals surface area contributed by atoms with Crippen LogP contribution in [0.2, 0.25) is 0 Å². The number of piperidine rings is 1. The summed E-state index contributed by atoms with van der Waals surface area (Å²) in [4.78, 5) is 2.50. The Balaban J connectivity index is 1.72. The molecule has 20 heavy (non-hydrogen) atoms. The maximum absolute atomic E-state index is 5.69. The molecule has 1 N–H and O–H groups in total. The van der Waals surface area contributed by atoms with E-state index in [2.05, 4.69) is 45.3 Å². The van der Waals surface area contributed by atoms with Crippen LogP contribution in [0.5, 0.6) is 11.5 Å². The summed E-state index contributed by atoms with van der Waals surface area (Å²) in [6.07, 6.45) is 2.54. The minimum absolute atomic E-state index is 0.615. The quantitative estimate of drug-likeness (QED) is 0.916. The molecule has 0 bridgehead atoms. The van der Waals surface area contributed by atoms with Crippen molar-refractivity contribution in [2.45, 2.75) is 25.4 Å². The van der Waals surface area contributed by atoms with Gasteiger partial charge in [0, 0.05) is 19.1 Å². The van der Waals surface area contributed by atoms with E-state index in [0.29, 0.717) is 19.3 Å². The first-order valence-corrected chi connectivity index (χ1v) is 8.03. The predicted molar refractivity (Wildman–Crippen MR) is 82.5 cm³/mol. The molecule has 4 nitrogen and oxygen atoms in total. The van der Waals surface area contributed by atoms with E-state index in [9.17, 15) is 0 Å². The predicted octanol–water partition coefficient (Wildman–Crippen LogP) is 2.40. The Bertz CT molecular complexity index is 481. The number of nitrogens with zero attached hydrogens (tertiary/aromatic N) is 1. The van der Waals surface area contributed by atoms with Gasteiger partial charge in [-0.15, -0.1) is 0 Å². The lowest BCUT2D eigenvalue weighted by atomic mass is 10.0. The first kappa shape index (κ1) is 14.2. The van der Waals surface area contributed by atoms with Crippen molar-refractivity contribution >= 4 is 15.9 Å². The fourth-order valence-corrected chi connectivity index (χ4v) is 3.55. The van der Waals surface area contributed by atoms with Crippen LogP contribution in [-0.4, -0.2) is 44.3 Å². The van der Waals surface area contributed by atoms with E-state index in [0.717, 1.165) is 29.1 Å². The van der Waals surface area contributed by atoms with Crippen LogP contribution >= 0.6 is 15.9 Å². The highest BCUT2D eigenvalue weighted by Gasteiger charge is 2.21. The normalized spacial score (nSPS) is 22.8. The lowest BCUT2D eigenvalue weighted by Gasteiger charge is -2.32. The molecule has 1 fully saturated rings. The van der Waals surface area contributed by atoms with Crippen molar-refractivity contribution in [1.82, 2.24) is 10.2 Å². The largest absolute Gasteiger partial charge is 0.486 e. The maximum atomic E-state index is 5.69. The van der Waals surface area contributed by atoms with Gasteiger partial charge in [-0.2, -0.15) is 0 Å². The van der Waals surface area contributed by atoms with Gasteiger partial charge in [-0.25, -0.2) is 0 Å². The van der Waals surface area contributed by atoms with E-state index in [1.54, 1.807) is 0 Å². The van der Waals surface area contributed by atoms with Gasteiger partial charge in [0.2, 0.25) is 0 Å². The molecule has 0 aliphatic carbocycles. The Hall–Kier alpha value is -0.780. The van der Waals surface area contributed by atoms with Gasteiger partial charge in [-0.3, -0.25) is 4.90 Å². The third-order valence-corrected chi connectivity index (χ3v) is 4.57. The van der Waals surface area contributed by atoms with E-state index >= 15 is 0 Å². The number of ether oxygens (including phenoxy) is 2. The van der Waals surface area contributed by atoms with Crippen molar-refractivity contribution in [3.63, 3.8) is 0 Å². The lowest BCUT2D eigenvalue weighted by molar-refractivity contribution is 0.168. The number of likely N-dealkylation sites (N-methyl/N-ethyl adjacent to an activating group) is 1. The lowest BCUT2D eigenvalue weighted by Crippen LogP contribution is -2.43. The number of benzene rings is 1. The van der Waals surface area contributed by atoms with Crippen LogP contribution in [-0.2, 0) is 6.54 Å². The Labute approximate surface area is 128 Å². The SMILES string of the molecule is CNC1CCCN(Cc2cc(Br)c3c(c2)OCCO3)C1. The second-order valence-electron chi connectivity index (χ2n) is 5.46. The summed E-state index contributed by atoms with van der Waals surface area (Å²) in [5.41, 5.74) is 1.28. The Morgan fingerprint density at radius 1 is 1.35 bits per heavy atom. The van der Waals surface area contributed by atoms with Gasteiger partial charge in [-0.05, 0) is 60.1 Å². The molecular weight excluding hydrogens is 320 g/mol. The summed E-state index contributed by atoms with van der Waals surface area (Å²) in [6, 6.07) is 4.88. The highest BCUT2D eigenvalue weighted by Crippen LogP contribution is 2.38. The van der Waals surface area contributed by atoms with Gasteiger partial charge in [0.25, 0.3) is 0 Å². The third-order valence-electron chi connectivity index (χ3n) is 3.98. The fourth-order valence-electron chi connectivity index (χ4n) is 2.95. The molecule has 0 aromatic heterocycles. The summed E-state index contributed by atoms with van der Waals surface area (Å²) < 4.78 is 12.3. The highest BCUT2D eigenvalue weighted by molar-refractivity contribution is 9.10. The van der Waals surface area contributed by atoms with Gasteiger partial charge in [-0.1, -0.05) is 0 Å². The number of hydrogen-bond acceptors (Lipinski definition) is 4. The number of rotatable bonds is 3. The molecule has 0 radical (unpaired) electrons. The van der Waals surface area contributed by atoms with Crippen LogP contribution < -0.4 is 14.8 Å². The van der Waals surface area contributed by atoms with Gasteiger partial charge in [0.1, 0.15) is 13.2 Å². The zero-order valence-corrected chi connectivity index (χ0v) is 13.4. The zero-order chi connectivity index (χ0) is 13.9. The van der Waals surface area contributed by atoms with E-state index in [1.807, 2.05) is 0 Å². The van der Waals surface area contributed by atoms with E-state index in [-0.39, 0.29) is 0 Å². The molecule has 1 aromatic carbocycles. The smallest absolute Gasteiger partial charge is 0.175 e. The van der Waals surface area contributed by atoms with Gasteiger partial charge >= 0.3 is 0 Å². The molecule has 5 heteroatoms. The van der Waals surface area contributed by atoms with Crippen LogP contribution in [0.3, 0.4) is 0 Å². The van der Waals surface area contributed by atoms with E-state index in [1.165, 1.54) is 24.9 Å². The summed E-state index contributed by atoms with van der Waals surface area (Å²) in [5.74, 6) is 1.70. The number of fused-ring (bicyclic) bond motifs is 1. The molecule has 2 aliphatic rings. The van der Waals surface area contributed by atoms with Crippen molar-refractivity contribution in [2.24, 2.45) is 0 Å². The first-order chi connectivity index (χ1) is 9.76. The number of likely N-dealkylation sites (tertiary alicyclic amines) is 1. The van der Waals surface area contributed by atoms with Crippen molar-refractivity contribution in [2.75, 3.05) is 33.4 Å². The van der Waals surface area contributed by atoms with Gasteiger partial charge in [0.15, 0.2) is 11.5 Å². The molecule has 1 aromatic rings. The molecule has 2 heterocycles. The average molecular weight is 341 g/mol. The van der Waals surface area contributed by atoms with E-state index < -0.39 is 0 Å². The monoisotopic (exact) mass is 340 g/mol. The zero-order valence-electron chi connectivity index (χ0n) is 11.8. The molecule has 2 aliphatic heterocycles. The molecule has 1 saturated heterocycles. The van der Waals surface area contributed by atoms with E-state index in [4.69, 9.17) is 9.47 Å². The maximum Gasteiger partial charge on any atom is 0.175 e. The van der Waals surface area contributed by atoms with Crippen LogP contribution in [0.1, 0.15) is 18.4 Å². The van der Waals surface area contributed by atoms with Crippen molar-refractivity contribution in [3.05, 3.63) is 22.2 Å². The molecule has 1 atom stereocenters. The number of nitrogens with one attached hydrogen (secondary N) is 1. The van der Waals surface area contributed by atoms with Crippen LogP contribution in [0, 0.1) is 0 Å². The molecule has 0 spiro atoms. The van der Waals surface area contributed by atoms with Crippen molar-refractivity contribution in [1.29, 1.82) is 0 Å². The molecule has 110 valence electrons. The number of hydrogen-bond donors (Lipinski definition) is 1. The average Bonchev–Trinajstić information content (AvgIpc) is 2.47. The third kappa shape index (κ3) is 3.10. The standard InChI is InChI=1S/C15H21BrN2O2/c1-17-12-3-2-4-18(10-12)9-11-7-13(16)15-14(8-11)19-5-6-20-15/h7-8,12,17H,2-6,9-10H2,1H3. The molecule has 0 amide bonds. The van der Waals surface area contributed by atoms with Crippen LogP contribution in [0.4, 0.5) is 0 Å². The molecule has 3 rings (SSSR count). The summed E-state index contributed by atoms with van der Waals surface area (Å²) in [6.45, 7) is 4.51. The first-order valence-electron chi connectivity index (χ1n) is 7.24. The second-order valence-corrected chi connectivity index (χ2v) is 6.32. The van der Waals surface area contributed by atoms with Gasteiger partial charge < -0.3 is 14.8 Å². The Morgan fingerprint density at radius 2 is 2.20 bits per heavy atom. The number of halogens is 1. The minimum atomic E-state index is 0.615. The molecule has 0 saturated carbocycles. The van der Waals surface area contributed by atoms with Crippen molar-refractivity contribution in [3.8, 4) is 11.5 Å². The summed E-state index contributed by atoms with van der Waals surface area (Å²) in [5, 5.41) is 3.39.